The molecule has 3 rings (SSSR count). The Morgan fingerprint density at radius 1 is 1.25 bits per heavy atom. The van der Waals surface area contributed by atoms with Gasteiger partial charge in [0.2, 0.25) is 5.91 Å². The summed E-state index contributed by atoms with van der Waals surface area (Å²) in [6.07, 6.45) is 1.43. The van der Waals surface area contributed by atoms with Crippen molar-refractivity contribution in [3.05, 3.63) is 35.2 Å². The quantitative estimate of drug-likeness (QED) is 0.889. The lowest BCUT2D eigenvalue weighted by Crippen LogP contribution is -2.21. The number of carbonyl (C=O) groups is 2. The second-order valence-corrected chi connectivity index (χ2v) is 6.71. The summed E-state index contributed by atoms with van der Waals surface area (Å²) >= 11 is 1.13. The maximum atomic E-state index is 12.3. The summed E-state index contributed by atoms with van der Waals surface area (Å²) < 4.78 is 0. The Labute approximate surface area is 142 Å². The number of thiazole rings is 1. The average Bonchev–Trinajstić information content (AvgIpc) is 3.22. The van der Waals surface area contributed by atoms with E-state index in [2.05, 4.69) is 16.4 Å². The molecule has 1 fully saturated rings. The van der Waals surface area contributed by atoms with Crippen LogP contribution in [0.5, 0.6) is 0 Å². The van der Waals surface area contributed by atoms with Crippen molar-refractivity contribution in [1.82, 2.24) is 4.98 Å². The average molecular weight is 341 g/mol. The zero-order valence-corrected chi connectivity index (χ0v) is 13.5. The molecule has 1 amide bonds. The molecule has 2 aromatic rings. The van der Waals surface area contributed by atoms with E-state index in [-0.39, 0.29) is 11.8 Å². The number of carbonyl (C=O) groups excluding carboxylic acids is 1. The van der Waals surface area contributed by atoms with Crippen LogP contribution in [0, 0.1) is 23.2 Å². The number of nitrogens with zero attached hydrogens (tertiary/aromatic N) is 2. The van der Waals surface area contributed by atoms with Gasteiger partial charge in [-0.25, -0.2) is 4.98 Å². The third-order valence-electron chi connectivity index (χ3n) is 4.16. The number of anilines is 1. The molecule has 0 saturated heterocycles. The summed E-state index contributed by atoms with van der Waals surface area (Å²) in [7, 11) is 0. The largest absolute Gasteiger partial charge is 0.481 e. The first-order valence-electron chi connectivity index (χ1n) is 7.58. The number of aliphatic carboxylic acids is 1. The number of amides is 1. The number of aromatic nitrogens is 1. The van der Waals surface area contributed by atoms with Gasteiger partial charge in [-0.05, 0) is 19.3 Å². The maximum absolute atomic E-state index is 12.3. The van der Waals surface area contributed by atoms with Crippen LogP contribution < -0.4 is 5.32 Å². The SMILES string of the molecule is N#Cc1sc(NC(=O)[C@@H]2CC[C@@H](C(=O)O)C2)nc1-c1ccccc1. The zero-order valence-electron chi connectivity index (χ0n) is 12.7. The van der Waals surface area contributed by atoms with Crippen LogP contribution in [-0.2, 0) is 9.59 Å². The predicted octanol–water partition coefficient (Wildman–Crippen LogP) is 3.12. The Balaban J connectivity index is 1.75. The molecule has 1 aliphatic rings. The van der Waals surface area contributed by atoms with Crippen LogP contribution in [0.25, 0.3) is 11.3 Å². The van der Waals surface area contributed by atoms with Crippen molar-refractivity contribution in [1.29, 1.82) is 5.26 Å². The minimum absolute atomic E-state index is 0.225. The lowest BCUT2D eigenvalue weighted by Gasteiger charge is -2.08. The Morgan fingerprint density at radius 2 is 1.96 bits per heavy atom. The topological polar surface area (TPSA) is 103 Å². The minimum Gasteiger partial charge on any atom is -0.481 e. The number of benzene rings is 1. The summed E-state index contributed by atoms with van der Waals surface area (Å²) in [6, 6.07) is 11.4. The molecule has 122 valence electrons. The number of nitrogens with one attached hydrogen (secondary N) is 1. The van der Waals surface area contributed by atoms with Gasteiger partial charge in [0.25, 0.3) is 0 Å². The summed E-state index contributed by atoms with van der Waals surface area (Å²) in [4.78, 5) is 28.1. The standard InChI is InChI=1S/C17H15N3O3S/c18-9-13-14(10-4-2-1-3-5-10)19-17(24-13)20-15(21)11-6-7-12(8-11)16(22)23/h1-5,11-12H,6-8H2,(H,22,23)(H,19,20,21)/t11-,12-/m1/s1. The van der Waals surface area contributed by atoms with E-state index >= 15 is 0 Å². The highest BCUT2D eigenvalue weighted by atomic mass is 32.1. The van der Waals surface area contributed by atoms with Crippen LogP contribution in [0.1, 0.15) is 24.1 Å². The molecule has 2 N–H and O–H groups in total. The summed E-state index contributed by atoms with van der Waals surface area (Å²) in [5.41, 5.74) is 1.37. The Bertz CT molecular complexity index is 810. The molecule has 7 heteroatoms. The lowest BCUT2D eigenvalue weighted by atomic mass is 10.0. The van der Waals surface area contributed by atoms with Crippen molar-refractivity contribution >= 4 is 28.3 Å². The van der Waals surface area contributed by atoms with Gasteiger partial charge in [-0.1, -0.05) is 41.7 Å². The summed E-state index contributed by atoms with van der Waals surface area (Å²) in [5, 5.41) is 21.4. The molecule has 0 aliphatic heterocycles. The van der Waals surface area contributed by atoms with Gasteiger partial charge in [0.15, 0.2) is 5.13 Å². The molecule has 0 unspecified atom stereocenters. The van der Waals surface area contributed by atoms with Crippen molar-refractivity contribution < 1.29 is 14.7 Å². The van der Waals surface area contributed by atoms with Crippen molar-refractivity contribution in [2.45, 2.75) is 19.3 Å². The molecule has 0 bridgehead atoms. The predicted molar refractivity (Wildman–Crippen MR) is 89.4 cm³/mol. The number of hydrogen-bond acceptors (Lipinski definition) is 5. The molecule has 0 spiro atoms. The number of carboxylic acids is 1. The smallest absolute Gasteiger partial charge is 0.306 e. The van der Waals surface area contributed by atoms with Crippen LogP contribution in [0.2, 0.25) is 0 Å². The molecule has 24 heavy (non-hydrogen) atoms. The van der Waals surface area contributed by atoms with E-state index in [0.717, 1.165) is 16.9 Å². The fraction of sp³-hybridized carbons (Fsp3) is 0.294. The van der Waals surface area contributed by atoms with E-state index < -0.39 is 11.9 Å². The van der Waals surface area contributed by atoms with Gasteiger partial charge in [0.1, 0.15) is 16.6 Å². The number of rotatable bonds is 4. The molecule has 1 aromatic carbocycles. The monoisotopic (exact) mass is 341 g/mol. The van der Waals surface area contributed by atoms with Crippen LogP contribution in [0.4, 0.5) is 5.13 Å². The zero-order chi connectivity index (χ0) is 17.1. The Hall–Kier alpha value is -2.72. The highest BCUT2D eigenvalue weighted by molar-refractivity contribution is 7.16. The minimum atomic E-state index is -0.849. The third-order valence-corrected chi connectivity index (χ3v) is 5.03. The maximum Gasteiger partial charge on any atom is 0.306 e. The molecule has 1 aromatic heterocycles. The molecule has 1 saturated carbocycles. The first kappa shape index (κ1) is 16.1. The van der Waals surface area contributed by atoms with Crippen LogP contribution in [0.3, 0.4) is 0 Å². The van der Waals surface area contributed by atoms with Gasteiger partial charge in [-0.3, -0.25) is 9.59 Å². The second kappa shape index (κ2) is 6.81. The van der Waals surface area contributed by atoms with E-state index in [1.807, 2.05) is 30.3 Å². The van der Waals surface area contributed by atoms with Crippen LogP contribution in [-0.4, -0.2) is 22.0 Å². The number of nitriles is 1. The molecular formula is C17H15N3O3S. The van der Waals surface area contributed by atoms with Gasteiger partial charge < -0.3 is 10.4 Å². The first-order valence-corrected chi connectivity index (χ1v) is 8.40. The summed E-state index contributed by atoms with van der Waals surface area (Å²) in [6.45, 7) is 0. The molecule has 0 radical (unpaired) electrons. The fourth-order valence-corrected chi connectivity index (χ4v) is 3.68. The van der Waals surface area contributed by atoms with E-state index in [0.29, 0.717) is 35.0 Å². The summed E-state index contributed by atoms with van der Waals surface area (Å²) in [5.74, 6) is -1.85. The van der Waals surface area contributed by atoms with Gasteiger partial charge in [-0.15, -0.1) is 0 Å². The Morgan fingerprint density at radius 3 is 2.58 bits per heavy atom. The molecular weight excluding hydrogens is 326 g/mol. The van der Waals surface area contributed by atoms with E-state index in [4.69, 9.17) is 5.11 Å². The third kappa shape index (κ3) is 3.29. The first-order chi connectivity index (χ1) is 11.6. The highest BCUT2D eigenvalue weighted by Gasteiger charge is 2.34. The van der Waals surface area contributed by atoms with Crippen molar-refractivity contribution in [3.63, 3.8) is 0 Å². The van der Waals surface area contributed by atoms with Crippen molar-refractivity contribution in [2.75, 3.05) is 5.32 Å². The lowest BCUT2D eigenvalue weighted by molar-refractivity contribution is -0.141. The van der Waals surface area contributed by atoms with E-state index in [1.165, 1.54) is 0 Å². The second-order valence-electron chi connectivity index (χ2n) is 5.71. The van der Waals surface area contributed by atoms with Crippen molar-refractivity contribution in [2.24, 2.45) is 11.8 Å². The Kier molecular flexibility index (Phi) is 4.58. The van der Waals surface area contributed by atoms with Gasteiger partial charge in [-0.2, -0.15) is 5.26 Å². The molecule has 1 heterocycles. The normalized spacial score (nSPS) is 19.6. The van der Waals surface area contributed by atoms with Crippen LogP contribution >= 0.6 is 11.3 Å². The van der Waals surface area contributed by atoms with Gasteiger partial charge >= 0.3 is 5.97 Å². The van der Waals surface area contributed by atoms with Crippen LogP contribution in [0.15, 0.2) is 30.3 Å². The number of carboxylic acid groups (broad SMARTS) is 1. The van der Waals surface area contributed by atoms with Gasteiger partial charge in [0.05, 0.1) is 5.92 Å². The fourth-order valence-electron chi connectivity index (χ4n) is 2.89. The van der Waals surface area contributed by atoms with E-state index in [1.54, 1.807) is 0 Å². The molecule has 2 atom stereocenters. The van der Waals surface area contributed by atoms with Gasteiger partial charge in [0, 0.05) is 11.5 Å². The van der Waals surface area contributed by atoms with E-state index in [9.17, 15) is 14.9 Å². The molecule has 1 aliphatic carbocycles. The van der Waals surface area contributed by atoms with Crippen molar-refractivity contribution in [3.8, 4) is 17.3 Å². The highest BCUT2D eigenvalue weighted by Crippen LogP contribution is 2.34. The molecule has 6 nitrogen and oxygen atoms in total. The number of hydrogen-bond donors (Lipinski definition) is 2.